The zero-order valence-electron chi connectivity index (χ0n) is 11.9. The van der Waals surface area contributed by atoms with Crippen LogP contribution in [-0.2, 0) is 19.5 Å². The fourth-order valence-electron chi connectivity index (χ4n) is 2.45. The maximum Gasteiger partial charge on any atom is 0.261 e. The maximum atomic E-state index is 12.7. The lowest BCUT2D eigenvalue weighted by atomic mass is 10.2. The van der Waals surface area contributed by atoms with Gasteiger partial charge in [-0.15, -0.1) is 11.6 Å². The first kappa shape index (κ1) is 13.8. The summed E-state index contributed by atoms with van der Waals surface area (Å²) in [6.07, 6.45) is 1.91. The SMILES string of the molecule is Cc1nn(C)cc1Cn1c(CCl)nc2ccccc2c1=O. The molecule has 21 heavy (non-hydrogen) atoms. The van der Waals surface area contributed by atoms with Crippen molar-refractivity contribution < 1.29 is 0 Å². The van der Waals surface area contributed by atoms with Crippen molar-refractivity contribution in [2.45, 2.75) is 19.3 Å². The van der Waals surface area contributed by atoms with Crippen LogP contribution < -0.4 is 5.56 Å². The van der Waals surface area contributed by atoms with Crippen molar-refractivity contribution in [3.8, 4) is 0 Å². The van der Waals surface area contributed by atoms with Gasteiger partial charge in [-0.2, -0.15) is 5.10 Å². The molecule has 0 aliphatic heterocycles. The lowest BCUT2D eigenvalue weighted by molar-refractivity contribution is 0.703. The minimum Gasteiger partial charge on any atom is -0.290 e. The molecule has 2 heterocycles. The maximum absolute atomic E-state index is 12.7. The van der Waals surface area contributed by atoms with E-state index in [1.54, 1.807) is 15.3 Å². The number of benzene rings is 1. The largest absolute Gasteiger partial charge is 0.290 e. The van der Waals surface area contributed by atoms with Gasteiger partial charge in [-0.25, -0.2) is 4.98 Å². The summed E-state index contributed by atoms with van der Waals surface area (Å²) in [5.74, 6) is 0.767. The predicted molar refractivity (Wildman–Crippen MR) is 82.6 cm³/mol. The second-order valence-electron chi connectivity index (χ2n) is 4.98. The van der Waals surface area contributed by atoms with Crippen LogP contribution in [0, 0.1) is 6.92 Å². The zero-order chi connectivity index (χ0) is 15.0. The van der Waals surface area contributed by atoms with Crippen molar-refractivity contribution in [1.82, 2.24) is 19.3 Å². The molecular weight excluding hydrogens is 288 g/mol. The van der Waals surface area contributed by atoms with E-state index in [9.17, 15) is 4.79 Å². The molecule has 0 N–H and O–H groups in total. The van der Waals surface area contributed by atoms with Gasteiger partial charge in [0.25, 0.3) is 5.56 Å². The van der Waals surface area contributed by atoms with Gasteiger partial charge in [0.1, 0.15) is 5.82 Å². The summed E-state index contributed by atoms with van der Waals surface area (Å²) < 4.78 is 3.36. The Bertz CT molecular complexity index is 866. The molecule has 0 unspecified atom stereocenters. The van der Waals surface area contributed by atoms with E-state index >= 15 is 0 Å². The highest BCUT2D eigenvalue weighted by molar-refractivity contribution is 6.16. The van der Waals surface area contributed by atoms with Gasteiger partial charge in [0.05, 0.1) is 29.0 Å². The van der Waals surface area contributed by atoms with E-state index in [2.05, 4.69) is 10.1 Å². The molecule has 0 radical (unpaired) electrons. The van der Waals surface area contributed by atoms with Crippen molar-refractivity contribution in [2.75, 3.05) is 0 Å². The van der Waals surface area contributed by atoms with E-state index in [1.165, 1.54) is 0 Å². The Hall–Kier alpha value is -2.14. The third-order valence-electron chi connectivity index (χ3n) is 3.50. The smallest absolute Gasteiger partial charge is 0.261 e. The lowest BCUT2D eigenvalue weighted by Gasteiger charge is -2.11. The molecule has 3 aromatic rings. The second-order valence-corrected chi connectivity index (χ2v) is 5.25. The van der Waals surface area contributed by atoms with E-state index in [1.807, 2.05) is 38.4 Å². The molecule has 0 aliphatic carbocycles. The number of hydrogen-bond donors (Lipinski definition) is 0. The molecule has 0 atom stereocenters. The van der Waals surface area contributed by atoms with Gasteiger partial charge in [0, 0.05) is 18.8 Å². The molecule has 0 spiro atoms. The number of nitrogens with zero attached hydrogens (tertiary/aromatic N) is 4. The third kappa shape index (κ3) is 2.45. The van der Waals surface area contributed by atoms with Crippen molar-refractivity contribution in [3.05, 3.63) is 57.9 Å². The van der Waals surface area contributed by atoms with Gasteiger partial charge in [0.2, 0.25) is 0 Å². The van der Waals surface area contributed by atoms with Crippen LogP contribution in [0.1, 0.15) is 17.1 Å². The first-order valence-corrected chi connectivity index (χ1v) is 7.17. The van der Waals surface area contributed by atoms with Crippen LogP contribution in [0.25, 0.3) is 10.9 Å². The fraction of sp³-hybridized carbons (Fsp3) is 0.267. The van der Waals surface area contributed by atoms with E-state index < -0.39 is 0 Å². The number of fused-ring (bicyclic) bond motifs is 1. The summed E-state index contributed by atoms with van der Waals surface area (Å²) in [7, 11) is 1.86. The van der Waals surface area contributed by atoms with Crippen molar-refractivity contribution in [2.24, 2.45) is 7.05 Å². The van der Waals surface area contributed by atoms with Crippen molar-refractivity contribution in [1.29, 1.82) is 0 Å². The van der Waals surface area contributed by atoms with Gasteiger partial charge >= 0.3 is 0 Å². The average molecular weight is 303 g/mol. The van der Waals surface area contributed by atoms with Crippen LogP contribution >= 0.6 is 11.6 Å². The molecule has 108 valence electrons. The molecule has 6 heteroatoms. The highest BCUT2D eigenvalue weighted by Gasteiger charge is 2.12. The summed E-state index contributed by atoms with van der Waals surface area (Å²) in [6, 6.07) is 7.32. The number of aromatic nitrogens is 4. The summed E-state index contributed by atoms with van der Waals surface area (Å²) in [6.45, 7) is 2.35. The molecule has 3 rings (SSSR count). The summed E-state index contributed by atoms with van der Waals surface area (Å²) in [4.78, 5) is 17.2. The molecule has 2 aromatic heterocycles. The molecular formula is C15H15ClN4O. The zero-order valence-corrected chi connectivity index (χ0v) is 12.6. The second kappa shape index (κ2) is 5.33. The van der Waals surface area contributed by atoms with Crippen LogP contribution in [0.15, 0.2) is 35.3 Å². The fourth-order valence-corrected chi connectivity index (χ4v) is 2.66. The minimum atomic E-state index is -0.0699. The Morgan fingerprint density at radius 1 is 1.29 bits per heavy atom. The third-order valence-corrected chi connectivity index (χ3v) is 3.74. The number of rotatable bonds is 3. The monoisotopic (exact) mass is 302 g/mol. The Labute approximate surface area is 126 Å². The standard InChI is InChI=1S/C15H15ClN4O/c1-10-11(8-19(2)18-10)9-20-14(7-16)17-13-6-4-3-5-12(13)15(20)21/h3-6,8H,7,9H2,1-2H3. The highest BCUT2D eigenvalue weighted by Crippen LogP contribution is 2.12. The number of halogens is 1. The quantitative estimate of drug-likeness (QED) is 0.697. The van der Waals surface area contributed by atoms with E-state index in [0.717, 1.165) is 11.3 Å². The van der Waals surface area contributed by atoms with Gasteiger partial charge < -0.3 is 0 Å². The Morgan fingerprint density at radius 3 is 2.71 bits per heavy atom. The summed E-state index contributed by atoms with van der Waals surface area (Å²) >= 11 is 5.97. The molecule has 0 aliphatic rings. The van der Waals surface area contributed by atoms with Crippen LogP contribution in [-0.4, -0.2) is 19.3 Å². The number of aryl methyl sites for hydroxylation is 2. The summed E-state index contributed by atoms with van der Waals surface area (Å²) in [5.41, 5.74) is 2.50. The van der Waals surface area contributed by atoms with Crippen LogP contribution in [0.5, 0.6) is 0 Å². The van der Waals surface area contributed by atoms with Crippen LogP contribution in [0.4, 0.5) is 0 Å². The molecule has 0 saturated carbocycles. The predicted octanol–water partition coefficient (Wildman–Crippen LogP) is 2.23. The minimum absolute atomic E-state index is 0.0699. The number of alkyl halides is 1. The molecule has 1 aromatic carbocycles. The normalized spacial score (nSPS) is 11.2. The Balaban J connectivity index is 2.19. The average Bonchev–Trinajstić information content (AvgIpc) is 2.79. The molecule has 0 fully saturated rings. The van der Waals surface area contributed by atoms with Crippen LogP contribution in [0.2, 0.25) is 0 Å². The molecule has 0 amide bonds. The number of hydrogen-bond acceptors (Lipinski definition) is 3. The molecule has 0 saturated heterocycles. The van der Waals surface area contributed by atoms with Gasteiger partial charge in [-0.3, -0.25) is 14.0 Å². The van der Waals surface area contributed by atoms with Gasteiger partial charge in [0.15, 0.2) is 0 Å². The van der Waals surface area contributed by atoms with Crippen molar-refractivity contribution in [3.63, 3.8) is 0 Å². The Kier molecular flexibility index (Phi) is 3.51. The summed E-state index contributed by atoms with van der Waals surface area (Å²) in [5, 5.41) is 4.91. The van der Waals surface area contributed by atoms with Crippen molar-refractivity contribution >= 4 is 22.5 Å². The number of para-hydroxylation sites is 1. The Morgan fingerprint density at radius 2 is 2.05 bits per heavy atom. The molecule has 0 bridgehead atoms. The highest BCUT2D eigenvalue weighted by atomic mass is 35.5. The topological polar surface area (TPSA) is 52.7 Å². The first-order chi connectivity index (χ1) is 10.1. The first-order valence-electron chi connectivity index (χ1n) is 6.63. The van der Waals surface area contributed by atoms with Crippen LogP contribution in [0.3, 0.4) is 0 Å². The van der Waals surface area contributed by atoms with E-state index in [0.29, 0.717) is 23.3 Å². The van der Waals surface area contributed by atoms with E-state index in [4.69, 9.17) is 11.6 Å². The van der Waals surface area contributed by atoms with Gasteiger partial charge in [-0.05, 0) is 19.1 Å². The van der Waals surface area contributed by atoms with Gasteiger partial charge in [-0.1, -0.05) is 12.1 Å². The lowest BCUT2D eigenvalue weighted by Crippen LogP contribution is -2.25. The van der Waals surface area contributed by atoms with E-state index in [-0.39, 0.29) is 11.4 Å². The molecule has 5 nitrogen and oxygen atoms in total.